The van der Waals surface area contributed by atoms with Crippen LogP contribution in [0.3, 0.4) is 0 Å². The molecule has 1 unspecified atom stereocenters. The molecule has 1 heteroatoms. The van der Waals surface area contributed by atoms with Crippen LogP contribution in [0.15, 0.2) is 30.4 Å². The van der Waals surface area contributed by atoms with E-state index in [9.17, 15) is 0 Å². The first-order valence-electron chi connectivity index (χ1n) is 8.36. The lowest BCUT2D eigenvalue weighted by Crippen LogP contribution is -2.07. The Balaban J connectivity index is 2.84. The first-order valence-corrected chi connectivity index (χ1v) is 8.36. The molecule has 0 aliphatic heterocycles. The molecule has 1 rings (SSSR count). The third-order valence-corrected chi connectivity index (χ3v) is 3.53. The molecule has 0 aliphatic rings. The zero-order valence-electron chi connectivity index (χ0n) is 14.6. The third kappa shape index (κ3) is 6.37. The monoisotopic (exact) mass is 288 g/mol. The normalized spacial score (nSPS) is 13.3. The number of allylic oxidation sites excluding steroid dienone is 2. The fourth-order valence-electron chi connectivity index (χ4n) is 2.37. The van der Waals surface area contributed by atoms with Crippen molar-refractivity contribution in [3.05, 3.63) is 41.5 Å². The molecular formula is C20H32O. The number of benzene rings is 1. The molecule has 1 nitrogen and oxygen atoms in total. The summed E-state index contributed by atoms with van der Waals surface area (Å²) in [5, 5.41) is 0. The van der Waals surface area contributed by atoms with Crippen molar-refractivity contribution in [1.29, 1.82) is 0 Å². The average molecular weight is 288 g/mol. The Morgan fingerprint density at radius 3 is 2.38 bits per heavy atom. The molecule has 0 spiro atoms. The van der Waals surface area contributed by atoms with E-state index in [1.165, 1.54) is 11.1 Å². The number of rotatable bonds is 8. The van der Waals surface area contributed by atoms with E-state index in [4.69, 9.17) is 4.74 Å². The van der Waals surface area contributed by atoms with Gasteiger partial charge < -0.3 is 4.74 Å². The van der Waals surface area contributed by atoms with E-state index in [2.05, 4.69) is 71.9 Å². The Morgan fingerprint density at radius 2 is 1.81 bits per heavy atom. The molecule has 0 radical (unpaired) electrons. The van der Waals surface area contributed by atoms with Crippen molar-refractivity contribution >= 4 is 0 Å². The van der Waals surface area contributed by atoms with Crippen molar-refractivity contribution in [2.24, 2.45) is 11.8 Å². The quantitative estimate of drug-likeness (QED) is 0.534. The minimum atomic E-state index is 0.494. The van der Waals surface area contributed by atoms with Crippen molar-refractivity contribution in [2.75, 3.05) is 6.61 Å². The summed E-state index contributed by atoms with van der Waals surface area (Å²) in [4.78, 5) is 0. The van der Waals surface area contributed by atoms with E-state index < -0.39 is 0 Å². The Bertz CT molecular complexity index is 443. The molecule has 1 atom stereocenters. The first kappa shape index (κ1) is 17.8. The summed E-state index contributed by atoms with van der Waals surface area (Å²) in [7, 11) is 0. The molecular weight excluding hydrogens is 256 g/mol. The van der Waals surface area contributed by atoms with Gasteiger partial charge in [0, 0.05) is 0 Å². The summed E-state index contributed by atoms with van der Waals surface area (Å²) >= 11 is 0. The van der Waals surface area contributed by atoms with Crippen LogP contribution in [-0.2, 0) is 6.42 Å². The smallest absolute Gasteiger partial charge is 0.122 e. The van der Waals surface area contributed by atoms with Gasteiger partial charge in [0.25, 0.3) is 0 Å². The largest absolute Gasteiger partial charge is 0.493 e. The van der Waals surface area contributed by atoms with E-state index in [1.807, 2.05) is 0 Å². The topological polar surface area (TPSA) is 9.23 Å². The molecule has 0 N–H and O–H groups in total. The third-order valence-electron chi connectivity index (χ3n) is 3.53. The van der Waals surface area contributed by atoms with Gasteiger partial charge in [0.15, 0.2) is 0 Å². The minimum absolute atomic E-state index is 0.494. The molecule has 1 aromatic rings. The van der Waals surface area contributed by atoms with Crippen molar-refractivity contribution in [2.45, 2.75) is 60.3 Å². The lowest BCUT2D eigenvalue weighted by Gasteiger charge is -2.17. The maximum absolute atomic E-state index is 5.97. The van der Waals surface area contributed by atoms with E-state index in [1.54, 1.807) is 0 Å². The lowest BCUT2D eigenvalue weighted by molar-refractivity contribution is 0.267. The predicted octanol–water partition coefficient (Wildman–Crippen LogP) is 5.99. The number of hydrogen-bond donors (Lipinski definition) is 0. The van der Waals surface area contributed by atoms with Crippen LogP contribution in [0, 0.1) is 11.8 Å². The van der Waals surface area contributed by atoms with Gasteiger partial charge in [-0.05, 0) is 47.8 Å². The van der Waals surface area contributed by atoms with Gasteiger partial charge >= 0.3 is 0 Å². The zero-order chi connectivity index (χ0) is 15.8. The summed E-state index contributed by atoms with van der Waals surface area (Å²) in [6.07, 6.45) is 6.79. The zero-order valence-corrected chi connectivity index (χ0v) is 14.6. The summed E-state index contributed by atoms with van der Waals surface area (Å²) in [6, 6.07) is 6.71. The van der Waals surface area contributed by atoms with Crippen molar-refractivity contribution < 1.29 is 4.74 Å². The summed E-state index contributed by atoms with van der Waals surface area (Å²) in [5.41, 5.74) is 2.74. The van der Waals surface area contributed by atoms with Crippen molar-refractivity contribution in [3.8, 4) is 5.75 Å². The number of hydrogen-bond acceptors (Lipinski definition) is 1. The maximum Gasteiger partial charge on any atom is 0.122 e. The standard InChI is InChI=1S/C20H32O/c1-7-8-9-17(6)12-18-10-11-20(21-14-15(2)3)19(13-18)16(4)5/h8-11,13,15-17H,7,12,14H2,1-6H3/b9-8-. The summed E-state index contributed by atoms with van der Waals surface area (Å²) < 4.78 is 5.97. The van der Waals surface area contributed by atoms with Gasteiger partial charge in [0.05, 0.1) is 6.61 Å². The van der Waals surface area contributed by atoms with Crippen LogP contribution in [0.2, 0.25) is 0 Å². The Hall–Kier alpha value is -1.24. The van der Waals surface area contributed by atoms with E-state index in [-0.39, 0.29) is 0 Å². The Morgan fingerprint density at radius 1 is 1.10 bits per heavy atom. The van der Waals surface area contributed by atoms with Crippen LogP contribution in [0.1, 0.15) is 65.0 Å². The molecule has 118 valence electrons. The van der Waals surface area contributed by atoms with E-state index in [0.717, 1.165) is 25.2 Å². The highest BCUT2D eigenvalue weighted by Gasteiger charge is 2.11. The van der Waals surface area contributed by atoms with Gasteiger partial charge in [0.1, 0.15) is 5.75 Å². The van der Waals surface area contributed by atoms with Crippen LogP contribution in [-0.4, -0.2) is 6.61 Å². The molecule has 0 fully saturated rings. The molecule has 21 heavy (non-hydrogen) atoms. The summed E-state index contributed by atoms with van der Waals surface area (Å²) in [6.45, 7) is 14.1. The van der Waals surface area contributed by atoms with Gasteiger partial charge in [-0.25, -0.2) is 0 Å². The lowest BCUT2D eigenvalue weighted by atomic mass is 9.94. The Labute approximate surface area is 131 Å². The van der Waals surface area contributed by atoms with Gasteiger partial charge in [-0.15, -0.1) is 0 Å². The van der Waals surface area contributed by atoms with E-state index >= 15 is 0 Å². The average Bonchev–Trinajstić information content (AvgIpc) is 2.43. The van der Waals surface area contributed by atoms with Crippen LogP contribution in [0.5, 0.6) is 5.75 Å². The van der Waals surface area contributed by atoms with Crippen LogP contribution < -0.4 is 4.74 Å². The maximum atomic E-state index is 5.97. The van der Waals surface area contributed by atoms with Crippen molar-refractivity contribution in [1.82, 2.24) is 0 Å². The minimum Gasteiger partial charge on any atom is -0.493 e. The van der Waals surface area contributed by atoms with Gasteiger partial charge in [-0.3, -0.25) is 0 Å². The van der Waals surface area contributed by atoms with Crippen molar-refractivity contribution in [3.63, 3.8) is 0 Å². The first-order chi connectivity index (χ1) is 9.93. The van der Waals surface area contributed by atoms with Crippen LogP contribution >= 0.6 is 0 Å². The summed E-state index contributed by atoms with van der Waals surface area (Å²) in [5.74, 6) is 2.70. The highest BCUT2D eigenvalue weighted by molar-refractivity contribution is 5.39. The van der Waals surface area contributed by atoms with Gasteiger partial charge in [0.2, 0.25) is 0 Å². The van der Waals surface area contributed by atoms with Crippen LogP contribution in [0.25, 0.3) is 0 Å². The Kier molecular flexibility index (Phi) is 7.56. The molecule has 0 saturated heterocycles. The molecule has 0 amide bonds. The SMILES string of the molecule is CC/C=C\C(C)Cc1ccc(OCC(C)C)c(C(C)C)c1. The second-order valence-electron chi connectivity index (χ2n) is 6.75. The fraction of sp³-hybridized carbons (Fsp3) is 0.600. The van der Waals surface area contributed by atoms with Crippen LogP contribution in [0.4, 0.5) is 0 Å². The molecule has 0 saturated carbocycles. The van der Waals surface area contributed by atoms with E-state index in [0.29, 0.717) is 17.8 Å². The molecule has 0 aromatic heterocycles. The van der Waals surface area contributed by atoms with Gasteiger partial charge in [-0.1, -0.05) is 65.8 Å². The highest BCUT2D eigenvalue weighted by atomic mass is 16.5. The highest BCUT2D eigenvalue weighted by Crippen LogP contribution is 2.29. The molecule has 0 heterocycles. The molecule has 0 bridgehead atoms. The molecule has 1 aromatic carbocycles. The fourth-order valence-corrected chi connectivity index (χ4v) is 2.37. The number of ether oxygens (including phenoxy) is 1. The predicted molar refractivity (Wildman–Crippen MR) is 93.2 cm³/mol. The molecule has 0 aliphatic carbocycles. The second-order valence-corrected chi connectivity index (χ2v) is 6.75. The second kappa shape index (κ2) is 8.92. The van der Waals surface area contributed by atoms with Gasteiger partial charge in [-0.2, -0.15) is 0 Å².